The van der Waals surface area contributed by atoms with Crippen molar-refractivity contribution in [3.8, 4) is 11.5 Å². The number of anilines is 2. The second-order valence-electron chi connectivity index (χ2n) is 17.7. The van der Waals surface area contributed by atoms with E-state index in [2.05, 4.69) is 19.8 Å². The van der Waals surface area contributed by atoms with Gasteiger partial charge in [-0.15, -0.1) is 0 Å². The van der Waals surface area contributed by atoms with Crippen molar-refractivity contribution in [3.05, 3.63) is 127 Å². The van der Waals surface area contributed by atoms with Gasteiger partial charge in [0.05, 0.1) is 67.0 Å². The number of benzene rings is 4. The normalized spacial score (nSPS) is 18.3. The molecule has 0 spiro atoms. The van der Waals surface area contributed by atoms with Gasteiger partial charge < -0.3 is 58.0 Å². The molecule has 0 amide bonds. The standard InChI is InChI=1S/2C24H24FN5O5.Ni/c2*1-14-13-35-23-21-17(11-19(25)22(23)28-9-7-27(2)8-10-28)20(18(24(31)32)12-29(14)21)26-15-3-5-16(6-4-15)30(33)34;/h2*3-6,11-12,14H,7-10,13H2,1-2H3,(H,31,32);/q;;+2/p-2. The molecule has 6 aromatic rings. The number of carbonyl (C=O) groups is 2. The van der Waals surface area contributed by atoms with Gasteiger partial charge in [-0.25, -0.2) is 18.8 Å². The average molecular weight is 1020 g/mol. The zero-order chi connectivity index (χ0) is 49.7. The minimum absolute atomic E-state index is 0. The van der Waals surface area contributed by atoms with Crippen molar-refractivity contribution in [1.82, 2.24) is 18.9 Å². The van der Waals surface area contributed by atoms with E-state index in [1.54, 1.807) is 9.13 Å². The molecule has 71 heavy (non-hydrogen) atoms. The van der Waals surface area contributed by atoms with Crippen LogP contribution in [0.5, 0.6) is 11.5 Å². The molecule has 2 saturated heterocycles. The van der Waals surface area contributed by atoms with Crippen molar-refractivity contribution in [2.45, 2.75) is 25.9 Å². The molecule has 23 heteroatoms. The van der Waals surface area contributed by atoms with Crippen molar-refractivity contribution < 1.29 is 64.4 Å². The Morgan fingerprint density at radius 2 is 0.944 bits per heavy atom. The molecule has 0 aliphatic carbocycles. The summed E-state index contributed by atoms with van der Waals surface area (Å²) in [6.45, 7) is 9.88. The molecule has 0 saturated carbocycles. The topological polar surface area (TPSA) is 233 Å². The number of aromatic carboxylic acids is 2. The molecular formula is C48H46F2N10NiO10. The van der Waals surface area contributed by atoms with Gasteiger partial charge in [-0.1, -0.05) is 0 Å². The number of carbonyl (C=O) groups excluding carboxylic acids is 2. The summed E-state index contributed by atoms with van der Waals surface area (Å²) in [5.41, 5.74) is 1.71. The van der Waals surface area contributed by atoms with Crippen LogP contribution in [-0.2, 0) is 16.5 Å². The minimum Gasteiger partial charge on any atom is -0.545 e. The van der Waals surface area contributed by atoms with Gasteiger partial charge in [0, 0.05) is 111 Å². The summed E-state index contributed by atoms with van der Waals surface area (Å²) in [5.74, 6) is -3.27. The predicted octanol–water partition coefficient (Wildman–Crippen LogP) is 3.98. The smallest absolute Gasteiger partial charge is 0.545 e. The van der Waals surface area contributed by atoms with Gasteiger partial charge in [-0.3, -0.25) is 20.2 Å². The number of carboxylic acids is 2. The third kappa shape index (κ3) is 9.59. The summed E-state index contributed by atoms with van der Waals surface area (Å²) >= 11 is 0. The van der Waals surface area contributed by atoms with Crippen LogP contribution < -0.4 is 40.2 Å². The zero-order valence-corrected chi connectivity index (χ0v) is 39.8. The maximum Gasteiger partial charge on any atom is 2.00 e. The van der Waals surface area contributed by atoms with E-state index in [-0.39, 0.29) is 97.2 Å². The fourth-order valence-corrected chi connectivity index (χ4v) is 9.19. The maximum atomic E-state index is 15.7. The number of halogens is 2. The van der Waals surface area contributed by atoms with E-state index in [9.17, 15) is 40.0 Å². The fourth-order valence-electron chi connectivity index (χ4n) is 9.19. The molecule has 4 aromatic carbocycles. The fraction of sp³-hybridized carbons (Fsp3) is 0.333. The van der Waals surface area contributed by atoms with Crippen LogP contribution in [-0.4, -0.2) is 120 Å². The largest absolute Gasteiger partial charge is 2.00 e. The summed E-state index contributed by atoms with van der Waals surface area (Å²) in [7, 11) is 4.02. The molecule has 2 fully saturated rings. The van der Waals surface area contributed by atoms with Crippen molar-refractivity contribution in [2.75, 3.05) is 89.5 Å². The Kier molecular flexibility index (Phi) is 14.1. The van der Waals surface area contributed by atoms with Crippen LogP contribution in [0.1, 0.15) is 46.6 Å². The summed E-state index contributed by atoms with van der Waals surface area (Å²) < 4.78 is 47.0. The van der Waals surface area contributed by atoms with Crippen LogP contribution in [0.2, 0.25) is 0 Å². The Balaban J connectivity index is 0.000000188. The molecule has 6 heterocycles. The van der Waals surface area contributed by atoms with E-state index in [1.165, 1.54) is 73.1 Å². The Bertz CT molecular complexity index is 3050. The van der Waals surface area contributed by atoms with Gasteiger partial charge in [-0.05, 0) is 64.3 Å². The summed E-state index contributed by atoms with van der Waals surface area (Å²) in [6, 6.07) is 12.9. The number of hydrogen-bond donors (Lipinski definition) is 0. The molecule has 4 aliphatic heterocycles. The third-order valence-electron chi connectivity index (χ3n) is 13.0. The predicted molar refractivity (Wildman–Crippen MR) is 249 cm³/mol. The second-order valence-corrected chi connectivity index (χ2v) is 17.7. The molecule has 2 aromatic heterocycles. The quantitative estimate of drug-likeness (QED) is 0.119. The van der Waals surface area contributed by atoms with Crippen molar-refractivity contribution in [2.24, 2.45) is 9.98 Å². The number of carboxylic acid groups (broad SMARTS) is 2. The van der Waals surface area contributed by atoms with Gasteiger partial charge in [0.15, 0.2) is 23.1 Å². The number of rotatable bonds is 8. The van der Waals surface area contributed by atoms with Crippen LogP contribution in [0.3, 0.4) is 0 Å². The SMILES string of the molecule is CC1COc2c(N3CCN(C)CC3)c(F)cc3c(=Nc4ccc([N+](=O)[O-])cc4)c(C(=O)[O-])cn1c23.CC1COc2c(N3CCN(C)CC3)c(F)cc3c(=Nc4ccc([N+](=O)[O-])cc4)c(C(=O)[O-])cn1c23.[Ni+2]. The Morgan fingerprint density at radius 3 is 1.25 bits per heavy atom. The number of ether oxygens (including phenoxy) is 2. The number of aromatic nitrogens is 2. The van der Waals surface area contributed by atoms with Gasteiger partial charge in [0.2, 0.25) is 0 Å². The van der Waals surface area contributed by atoms with Crippen LogP contribution in [0.15, 0.2) is 83.0 Å². The molecule has 4 aliphatic rings. The first-order valence-electron chi connectivity index (χ1n) is 22.4. The molecule has 0 radical (unpaired) electrons. The van der Waals surface area contributed by atoms with Crippen molar-refractivity contribution in [1.29, 1.82) is 0 Å². The second kappa shape index (κ2) is 20.1. The molecular weight excluding hydrogens is 973 g/mol. The Hall–Kier alpha value is -7.49. The first kappa shape index (κ1) is 49.9. The number of nitro groups is 2. The first-order valence-corrected chi connectivity index (χ1v) is 22.4. The van der Waals surface area contributed by atoms with Crippen LogP contribution >= 0.6 is 0 Å². The Labute approximate surface area is 413 Å². The van der Waals surface area contributed by atoms with Gasteiger partial charge in [0.25, 0.3) is 11.4 Å². The first-order chi connectivity index (χ1) is 33.5. The molecule has 2 unspecified atom stereocenters. The number of hydrogen-bond acceptors (Lipinski definition) is 16. The number of nitrogens with zero attached hydrogens (tertiary/aromatic N) is 10. The molecule has 0 bridgehead atoms. The van der Waals surface area contributed by atoms with Crippen molar-refractivity contribution >= 4 is 67.9 Å². The molecule has 10 rings (SSSR count). The van der Waals surface area contributed by atoms with Crippen LogP contribution in [0, 0.1) is 31.9 Å². The van der Waals surface area contributed by atoms with Crippen molar-refractivity contribution in [3.63, 3.8) is 0 Å². The average Bonchev–Trinajstić information content (AvgIpc) is 3.33. The summed E-state index contributed by atoms with van der Waals surface area (Å²) in [4.78, 5) is 62.2. The molecule has 20 nitrogen and oxygen atoms in total. The van der Waals surface area contributed by atoms with Crippen LogP contribution in [0.4, 0.5) is 42.9 Å². The maximum absolute atomic E-state index is 15.7. The monoisotopic (exact) mass is 1020 g/mol. The van der Waals surface area contributed by atoms with E-state index in [0.29, 0.717) is 60.1 Å². The van der Waals surface area contributed by atoms with Gasteiger partial charge in [-0.2, -0.15) is 0 Å². The van der Waals surface area contributed by atoms with E-state index in [1.807, 2.05) is 37.7 Å². The third-order valence-corrected chi connectivity index (χ3v) is 13.0. The number of nitro benzene ring substituents is 2. The van der Waals surface area contributed by atoms with E-state index >= 15 is 8.78 Å². The van der Waals surface area contributed by atoms with Crippen LogP contribution in [0.25, 0.3) is 21.8 Å². The molecule has 2 atom stereocenters. The molecule has 372 valence electrons. The zero-order valence-electron chi connectivity index (χ0n) is 38.8. The number of likely N-dealkylation sites (N-methyl/N-ethyl adjacent to an activating group) is 2. The van der Waals surface area contributed by atoms with E-state index < -0.39 is 33.4 Å². The summed E-state index contributed by atoms with van der Waals surface area (Å²) in [6.07, 6.45) is 2.90. The van der Waals surface area contributed by atoms with E-state index in [4.69, 9.17) is 9.47 Å². The summed E-state index contributed by atoms with van der Waals surface area (Å²) in [5, 5.41) is 46.7. The minimum atomic E-state index is -1.46. The number of piperazine rings is 2. The molecule has 0 N–H and O–H groups in total. The Morgan fingerprint density at radius 1 is 0.606 bits per heavy atom. The number of non-ortho nitro benzene ring substituents is 2. The van der Waals surface area contributed by atoms with Gasteiger partial charge >= 0.3 is 16.5 Å². The number of pyridine rings is 2. The van der Waals surface area contributed by atoms with E-state index in [0.717, 1.165) is 26.2 Å². The van der Waals surface area contributed by atoms with Gasteiger partial charge in [0.1, 0.15) is 24.6 Å².